The zero-order valence-electron chi connectivity index (χ0n) is 18.9. The lowest BCUT2D eigenvalue weighted by Crippen LogP contribution is -2.74. The summed E-state index contributed by atoms with van der Waals surface area (Å²) in [5.74, 6) is 0.0604. The minimum Gasteiger partial charge on any atom is -0.481 e. The molecule has 0 spiro atoms. The quantitative estimate of drug-likeness (QED) is 0.473. The Morgan fingerprint density at radius 2 is 1.73 bits per heavy atom. The molecular formula is C24H42N2O4. The fourth-order valence-electron chi connectivity index (χ4n) is 8.91. The standard InChI is InChI=1S/C24H42N2O4/c1-14(4-5-20(29)30)24(26)11-8-17-22(24,3)19(28)13-18-21(2)9-7-16(27)12-15(21)6-10-23(17,18)25/h14-19,27-28H,4-13,25-26H2,1-3H3,(H,29,30)/t14-,15-,16-,17-,18-,19+,21+,22-,23-,24+/m1/s1. The molecule has 4 rings (SSSR count). The Kier molecular flexibility index (Phi) is 5.37. The van der Waals surface area contributed by atoms with E-state index in [9.17, 15) is 15.0 Å². The summed E-state index contributed by atoms with van der Waals surface area (Å²) in [6.45, 7) is 6.54. The van der Waals surface area contributed by atoms with Crippen molar-refractivity contribution in [2.45, 2.75) is 108 Å². The summed E-state index contributed by atoms with van der Waals surface area (Å²) in [7, 11) is 0. The minimum atomic E-state index is -0.796. The van der Waals surface area contributed by atoms with Crippen molar-refractivity contribution in [3.63, 3.8) is 0 Å². The van der Waals surface area contributed by atoms with Crippen LogP contribution >= 0.6 is 0 Å². The van der Waals surface area contributed by atoms with Gasteiger partial charge in [-0.1, -0.05) is 20.8 Å². The van der Waals surface area contributed by atoms with Crippen LogP contribution in [0.2, 0.25) is 0 Å². The van der Waals surface area contributed by atoms with Crippen molar-refractivity contribution in [1.82, 2.24) is 0 Å². The first kappa shape index (κ1) is 22.5. The Balaban J connectivity index is 1.67. The van der Waals surface area contributed by atoms with Gasteiger partial charge in [0.05, 0.1) is 12.2 Å². The summed E-state index contributed by atoms with van der Waals surface area (Å²) in [4.78, 5) is 11.2. The average molecular weight is 423 g/mol. The zero-order chi connectivity index (χ0) is 22.1. The second-order valence-corrected chi connectivity index (χ2v) is 11.8. The second kappa shape index (κ2) is 7.16. The van der Waals surface area contributed by atoms with E-state index in [1.807, 2.05) is 0 Å². The van der Waals surface area contributed by atoms with Crippen LogP contribution in [0.4, 0.5) is 0 Å². The summed E-state index contributed by atoms with van der Waals surface area (Å²) < 4.78 is 0. The fraction of sp³-hybridized carbons (Fsp3) is 0.958. The van der Waals surface area contributed by atoms with Crippen LogP contribution in [0.3, 0.4) is 0 Å². The van der Waals surface area contributed by atoms with Crippen molar-refractivity contribution in [3.05, 3.63) is 0 Å². The highest BCUT2D eigenvalue weighted by molar-refractivity contribution is 5.66. The molecule has 4 fully saturated rings. The smallest absolute Gasteiger partial charge is 0.303 e. The SMILES string of the molecule is C[C@H](CCC(=O)O)[C@@]1(N)CC[C@H]2[C@]3(N)CC[C@@H]4C[C@H](O)CC[C@]4(C)[C@H]3C[C@H](O)[C@@]21C. The lowest BCUT2D eigenvalue weighted by Gasteiger charge is -2.67. The average Bonchev–Trinajstić information content (AvgIpc) is 2.97. The zero-order valence-corrected chi connectivity index (χ0v) is 18.9. The van der Waals surface area contributed by atoms with E-state index in [-0.39, 0.29) is 41.2 Å². The number of fused-ring (bicyclic) bond motifs is 5. The molecule has 0 unspecified atom stereocenters. The summed E-state index contributed by atoms with van der Waals surface area (Å²) >= 11 is 0. The van der Waals surface area contributed by atoms with E-state index in [0.29, 0.717) is 18.8 Å². The Bertz CT molecular complexity index is 703. The van der Waals surface area contributed by atoms with Crippen LogP contribution in [0.1, 0.15) is 85.0 Å². The molecular weight excluding hydrogens is 380 g/mol. The molecule has 6 heteroatoms. The van der Waals surface area contributed by atoms with Gasteiger partial charge in [0.25, 0.3) is 0 Å². The highest BCUT2D eigenvalue weighted by atomic mass is 16.4. The van der Waals surface area contributed by atoms with Crippen molar-refractivity contribution in [1.29, 1.82) is 0 Å². The third-order valence-electron chi connectivity index (χ3n) is 10.9. The molecule has 7 N–H and O–H groups in total. The van der Waals surface area contributed by atoms with Crippen LogP contribution in [-0.4, -0.2) is 44.6 Å². The number of carbonyl (C=O) groups is 1. The maximum absolute atomic E-state index is 11.6. The van der Waals surface area contributed by atoms with Crippen molar-refractivity contribution in [3.8, 4) is 0 Å². The summed E-state index contributed by atoms with van der Waals surface area (Å²) in [5.41, 5.74) is 13.0. The van der Waals surface area contributed by atoms with E-state index in [1.165, 1.54) is 0 Å². The van der Waals surface area contributed by atoms with Crippen LogP contribution in [0.15, 0.2) is 0 Å². The number of hydrogen-bond acceptors (Lipinski definition) is 5. The Labute approximate surface area is 180 Å². The number of carboxylic acids is 1. The summed E-state index contributed by atoms with van der Waals surface area (Å²) in [5, 5.41) is 31.0. The van der Waals surface area contributed by atoms with Crippen LogP contribution in [-0.2, 0) is 4.79 Å². The monoisotopic (exact) mass is 422 g/mol. The number of rotatable bonds is 4. The van der Waals surface area contributed by atoms with Gasteiger partial charge in [-0.15, -0.1) is 0 Å². The number of aliphatic hydroxyl groups is 2. The normalized spacial score (nSPS) is 54.0. The third-order valence-corrected chi connectivity index (χ3v) is 10.9. The van der Waals surface area contributed by atoms with Gasteiger partial charge in [-0.2, -0.15) is 0 Å². The number of hydrogen-bond donors (Lipinski definition) is 5. The van der Waals surface area contributed by atoms with Crippen molar-refractivity contribution in [2.75, 3.05) is 0 Å². The van der Waals surface area contributed by atoms with Gasteiger partial charge in [0.2, 0.25) is 0 Å². The Hall–Kier alpha value is -0.690. The van der Waals surface area contributed by atoms with Gasteiger partial charge >= 0.3 is 5.97 Å². The molecule has 0 aromatic rings. The van der Waals surface area contributed by atoms with Crippen molar-refractivity contribution < 1.29 is 20.1 Å². The molecule has 0 radical (unpaired) electrons. The predicted molar refractivity (Wildman–Crippen MR) is 116 cm³/mol. The van der Waals surface area contributed by atoms with E-state index in [4.69, 9.17) is 16.6 Å². The summed E-state index contributed by atoms with van der Waals surface area (Å²) in [6, 6.07) is 0. The van der Waals surface area contributed by atoms with E-state index >= 15 is 0 Å². The van der Waals surface area contributed by atoms with Gasteiger partial charge in [0.1, 0.15) is 0 Å². The first-order valence-corrected chi connectivity index (χ1v) is 12.0. The molecule has 4 aliphatic rings. The van der Waals surface area contributed by atoms with Crippen molar-refractivity contribution >= 4 is 5.97 Å². The first-order valence-electron chi connectivity index (χ1n) is 12.0. The van der Waals surface area contributed by atoms with E-state index < -0.39 is 23.0 Å². The van der Waals surface area contributed by atoms with E-state index in [1.54, 1.807) is 0 Å². The van der Waals surface area contributed by atoms with Gasteiger partial charge < -0.3 is 26.8 Å². The Morgan fingerprint density at radius 1 is 1.03 bits per heavy atom. The minimum absolute atomic E-state index is 0.00940. The van der Waals surface area contributed by atoms with Gasteiger partial charge in [-0.3, -0.25) is 4.79 Å². The van der Waals surface area contributed by atoms with Crippen LogP contribution < -0.4 is 11.5 Å². The lowest BCUT2D eigenvalue weighted by molar-refractivity contribution is -0.189. The molecule has 4 saturated carbocycles. The number of aliphatic carboxylic acids is 1. The molecule has 0 bridgehead atoms. The van der Waals surface area contributed by atoms with E-state index in [2.05, 4.69) is 20.8 Å². The van der Waals surface area contributed by atoms with Crippen molar-refractivity contribution in [2.24, 2.45) is 46.0 Å². The topological polar surface area (TPSA) is 130 Å². The summed E-state index contributed by atoms with van der Waals surface area (Å²) in [6.07, 6.45) is 6.87. The molecule has 172 valence electrons. The maximum Gasteiger partial charge on any atom is 0.303 e. The lowest BCUT2D eigenvalue weighted by atomic mass is 9.40. The fourth-order valence-corrected chi connectivity index (χ4v) is 8.91. The highest BCUT2D eigenvalue weighted by Crippen LogP contribution is 2.69. The molecule has 0 aromatic carbocycles. The molecule has 4 aliphatic carbocycles. The van der Waals surface area contributed by atoms with Gasteiger partial charge in [-0.25, -0.2) is 0 Å². The largest absolute Gasteiger partial charge is 0.481 e. The van der Waals surface area contributed by atoms with Gasteiger partial charge in [0, 0.05) is 22.9 Å². The van der Waals surface area contributed by atoms with Gasteiger partial charge in [-0.05, 0) is 86.9 Å². The number of carboxylic acid groups (broad SMARTS) is 1. The van der Waals surface area contributed by atoms with Crippen LogP contribution in [0.5, 0.6) is 0 Å². The maximum atomic E-state index is 11.6. The van der Waals surface area contributed by atoms with Crippen LogP contribution in [0, 0.1) is 34.5 Å². The highest BCUT2D eigenvalue weighted by Gasteiger charge is 2.72. The second-order valence-electron chi connectivity index (χ2n) is 11.8. The van der Waals surface area contributed by atoms with Gasteiger partial charge in [0.15, 0.2) is 0 Å². The van der Waals surface area contributed by atoms with E-state index in [0.717, 1.165) is 44.9 Å². The molecule has 0 aromatic heterocycles. The molecule has 30 heavy (non-hydrogen) atoms. The molecule has 6 nitrogen and oxygen atoms in total. The number of aliphatic hydroxyl groups excluding tert-OH is 2. The molecule has 0 heterocycles. The third kappa shape index (κ3) is 2.86. The molecule has 0 aliphatic heterocycles. The predicted octanol–water partition coefficient (Wildman–Crippen LogP) is 2.64. The number of nitrogens with two attached hydrogens (primary N) is 2. The molecule has 0 saturated heterocycles. The molecule has 0 amide bonds. The Morgan fingerprint density at radius 3 is 2.40 bits per heavy atom. The van der Waals surface area contributed by atoms with Crippen LogP contribution in [0.25, 0.3) is 0 Å². The first-order chi connectivity index (χ1) is 13.9. The molecule has 10 atom stereocenters.